The van der Waals surface area contributed by atoms with Crippen molar-refractivity contribution in [3.8, 4) is 0 Å². The number of aliphatic hydroxyl groups is 3. The van der Waals surface area contributed by atoms with Crippen LogP contribution in [0.25, 0.3) is 0 Å². The molecule has 2 heterocycles. The Hall–Kier alpha value is -1.66. The fourth-order valence-corrected chi connectivity index (χ4v) is 5.12. The van der Waals surface area contributed by atoms with Crippen LogP contribution in [0.2, 0.25) is 0 Å². The lowest BCUT2D eigenvalue weighted by Crippen LogP contribution is -2.77. The van der Waals surface area contributed by atoms with Gasteiger partial charge in [0.1, 0.15) is 18.0 Å². The number of ether oxygens (including phenoxy) is 3. The monoisotopic (exact) mass is 454 g/mol. The van der Waals surface area contributed by atoms with Gasteiger partial charge < -0.3 is 40.2 Å². The van der Waals surface area contributed by atoms with Crippen LogP contribution in [0.3, 0.4) is 0 Å². The molecule has 1 aromatic rings. The van der Waals surface area contributed by atoms with Crippen molar-refractivity contribution in [1.29, 1.82) is 0 Å². The number of likely N-dealkylation sites (N-methyl/N-ethyl adjacent to an activating group) is 1. The summed E-state index contributed by atoms with van der Waals surface area (Å²) in [7, 11) is 1.64. The Morgan fingerprint density at radius 3 is 2.59 bits per heavy atom. The first kappa shape index (κ1) is 23.5. The minimum absolute atomic E-state index is 0.163. The van der Waals surface area contributed by atoms with E-state index in [1.807, 2.05) is 6.92 Å². The molecule has 3 fully saturated rings. The zero-order valence-corrected chi connectivity index (χ0v) is 18.3. The number of amides is 1. The molecule has 2 aliphatic heterocycles. The molecule has 10 heteroatoms. The third kappa shape index (κ3) is 3.83. The summed E-state index contributed by atoms with van der Waals surface area (Å²) < 4.78 is 32.0. The predicted octanol–water partition coefficient (Wildman–Crippen LogP) is -0.119. The molecule has 178 valence electrons. The Morgan fingerprint density at radius 2 is 1.94 bits per heavy atom. The summed E-state index contributed by atoms with van der Waals surface area (Å²) in [5.41, 5.74) is -0.163. The van der Waals surface area contributed by atoms with Crippen LogP contribution in [0.15, 0.2) is 24.3 Å². The topological polar surface area (TPSA) is 130 Å². The maximum absolute atomic E-state index is 14.1. The van der Waals surface area contributed by atoms with Crippen LogP contribution in [-0.2, 0) is 14.2 Å². The van der Waals surface area contributed by atoms with E-state index in [1.54, 1.807) is 20.0 Å². The van der Waals surface area contributed by atoms with Gasteiger partial charge in [-0.2, -0.15) is 0 Å². The summed E-state index contributed by atoms with van der Waals surface area (Å²) in [6, 6.07) is 3.92. The highest BCUT2D eigenvalue weighted by atomic mass is 19.1. The average Bonchev–Trinajstić information content (AvgIpc) is 2.75. The summed E-state index contributed by atoms with van der Waals surface area (Å²) in [6.07, 6.45) is -4.78. The van der Waals surface area contributed by atoms with E-state index in [9.17, 15) is 24.5 Å². The second-order valence-corrected chi connectivity index (χ2v) is 8.82. The Labute approximate surface area is 185 Å². The number of halogens is 1. The first-order chi connectivity index (χ1) is 15.2. The highest BCUT2D eigenvalue weighted by Gasteiger charge is 2.63. The summed E-state index contributed by atoms with van der Waals surface area (Å²) in [4.78, 5) is 12.8. The largest absolute Gasteiger partial charge is 0.391 e. The van der Waals surface area contributed by atoms with Gasteiger partial charge >= 0.3 is 0 Å². The standard InChI is InChI=1S/C22H31FN2O7/c1-4-11-16(26)15(24-3)18-19(17(11)27)31-21-22(29,32-18)14(9-10(2)30-21)25-20(28)12-7-5-6-8-13(12)23/h5-8,10-11,14-19,21,24,26-27,29H,4,9H2,1-3H3,(H,25,28)/t10-,11-,14-,15+,16+,17+,18?,19?,21?,22+/m1/s1. The molecule has 0 aromatic heterocycles. The van der Waals surface area contributed by atoms with Crippen LogP contribution in [0.4, 0.5) is 4.39 Å². The number of benzene rings is 1. The van der Waals surface area contributed by atoms with Crippen molar-refractivity contribution in [2.24, 2.45) is 5.92 Å². The highest BCUT2D eigenvalue weighted by Crippen LogP contribution is 2.43. The second kappa shape index (κ2) is 8.94. The zero-order valence-electron chi connectivity index (χ0n) is 18.3. The van der Waals surface area contributed by atoms with Crippen LogP contribution in [0.5, 0.6) is 0 Å². The van der Waals surface area contributed by atoms with Crippen LogP contribution in [-0.4, -0.2) is 83.0 Å². The lowest BCUT2D eigenvalue weighted by atomic mass is 9.74. The maximum Gasteiger partial charge on any atom is 0.254 e. The van der Waals surface area contributed by atoms with E-state index in [1.165, 1.54) is 18.2 Å². The normalized spacial score (nSPS) is 43.8. The molecule has 0 spiro atoms. The highest BCUT2D eigenvalue weighted by molar-refractivity contribution is 5.94. The number of hydrogen-bond donors (Lipinski definition) is 5. The van der Waals surface area contributed by atoms with Gasteiger partial charge in [0.2, 0.25) is 12.1 Å². The summed E-state index contributed by atoms with van der Waals surface area (Å²) in [6.45, 7) is 3.61. The van der Waals surface area contributed by atoms with Crippen molar-refractivity contribution in [2.75, 3.05) is 7.05 Å². The van der Waals surface area contributed by atoms with Crippen molar-refractivity contribution in [3.05, 3.63) is 35.6 Å². The number of fused-ring (bicyclic) bond motifs is 2. The predicted molar refractivity (Wildman–Crippen MR) is 110 cm³/mol. The fourth-order valence-electron chi connectivity index (χ4n) is 5.12. The van der Waals surface area contributed by atoms with Gasteiger partial charge in [-0.05, 0) is 38.9 Å². The molecular formula is C22H31FN2O7. The van der Waals surface area contributed by atoms with Crippen molar-refractivity contribution in [3.63, 3.8) is 0 Å². The van der Waals surface area contributed by atoms with Crippen molar-refractivity contribution < 1.29 is 38.7 Å². The molecule has 2 saturated heterocycles. The smallest absolute Gasteiger partial charge is 0.254 e. The lowest BCUT2D eigenvalue weighted by Gasteiger charge is -2.58. The molecule has 0 radical (unpaired) electrons. The van der Waals surface area contributed by atoms with Crippen molar-refractivity contribution in [1.82, 2.24) is 10.6 Å². The SMILES string of the molecule is CC[C@@H]1[C@H](O)[C@H](NC)C2O[C@]3(O)C(OC2[C@H]1O)O[C@H](C)C[C@H]3NC(=O)c1ccccc1F. The van der Waals surface area contributed by atoms with E-state index in [0.29, 0.717) is 6.42 Å². The van der Waals surface area contributed by atoms with E-state index < -0.39 is 72.3 Å². The van der Waals surface area contributed by atoms with Crippen LogP contribution >= 0.6 is 0 Å². The van der Waals surface area contributed by atoms with Gasteiger partial charge in [0.25, 0.3) is 5.91 Å². The average molecular weight is 454 g/mol. The number of nitrogens with one attached hydrogen (secondary N) is 2. The molecule has 0 bridgehead atoms. The van der Waals surface area contributed by atoms with Crippen LogP contribution < -0.4 is 10.6 Å². The Balaban J connectivity index is 1.62. The number of aliphatic hydroxyl groups excluding tert-OH is 2. The lowest BCUT2D eigenvalue weighted by molar-refractivity contribution is -0.450. The van der Waals surface area contributed by atoms with Gasteiger partial charge in [0.05, 0.1) is 36.0 Å². The Bertz CT molecular complexity index is 844. The molecule has 1 saturated carbocycles. The van der Waals surface area contributed by atoms with E-state index in [-0.39, 0.29) is 12.0 Å². The summed E-state index contributed by atoms with van der Waals surface area (Å²) >= 11 is 0. The van der Waals surface area contributed by atoms with Gasteiger partial charge in [-0.1, -0.05) is 19.1 Å². The molecule has 4 rings (SSSR count). The Kier molecular flexibility index (Phi) is 6.56. The minimum Gasteiger partial charge on any atom is -0.391 e. The van der Waals surface area contributed by atoms with E-state index in [4.69, 9.17) is 14.2 Å². The minimum atomic E-state index is -2.11. The number of carbonyl (C=O) groups is 1. The van der Waals surface area contributed by atoms with Gasteiger partial charge in [0, 0.05) is 5.92 Å². The number of carbonyl (C=O) groups excluding carboxylic acids is 1. The first-order valence-electron chi connectivity index (χ1n) is 11.0. The number of rotatable bonds is 4. The molecule has 1 aliphatic carbocycles. The Morgan fingerprint density at radius 1 is 1.22 bits per heavy atom. The second-order valence-electron chi connectivity index (χ2n) is 8.82. The van der Waals surface area contributed by atoms with E-state index in [2.05, 4.69) is 10.6 Å². The third-order valence-corrected chi connectivity index (χ3v) is 6.85. The zero-order chi connectivity index (χ0) is 23.2. The molecule has 5 N–H and O–H groups in total. The van der Waals surface area contributed by atoms with E-state index in [0.717, 1.165) is 0 Å². The number of hydrogen-bond acceptors (Lipinski definition) is 8. The van der Waals surface area contributed by atoms with Crippen LogP contribution in [0.1, 0.15) is 37.0 Å². The third-order valence-electron chi connectivity index (χ3n) is 6.85. The molecule has 10 atom stereocenters. The van der Waals surface area contributed by atoms with Gasteiger partial charge in [-0.25, -0.2) is 4.39 Å². The van der Waals surface area contributed by atoms with Gasteiger partial charge in [-0.15, -0.1) is 0 Å². The molecule has 1 amide bonds. The molecule has 1 aromatic carbocycles. The molecule has 9 nitrogen and oxygen atoms in total. The van der Waals surface area contributed by atoms with Gasteiger partial charge in [-0.3, -0.25) is 4.79 Å². The first-order valence-corrected chi connectivity index (χ1v) is 11.0. The van der Waals surface area contributed by atoms with E-state index >= 15 is 0 Å². The maximum atomic E-state index is 14.1. The molecule has 32 heavy (non-hydrogen) atoms. The van der Waals surface area contributed by atoms with Crippen molar-refractivity contribution >= 4 is 5.91 Å². The fraction of sp³-hybridized carbons (Fsp3) is 0.682. The summed E-state index contributed by atoms with van der Waals surface area (Å²) in [5, 5.41) is 38.8. The van der Waals surface area contributed by atoms with Crippen molar-refractivity contribution in [2.45, 2.75) is 81.4 Å². The quantitative estimate of drug-likeness (QED) is 0.426. The summed E-state index contributed by atoms with van der Waals surface area (Å²) in [5.74, 6) is -3.96. The molecule has 3 unspecified atom stereocenters. The van der Waals surface area contributed by atoms with Gasteiger partial charge in [0.15, 0.2) is 0 Å². The molecular weight excluding hydrogens is 423 g/mol. The molecule has 3 aliphatic rings. The van der Waals surface area contributed by atoms with Crippen LogP contribution in [0, 0.1) is 11.7 Å².